The standard InChI is InChI=1S/C20H31N5O2/c1-15(26)24-9-4-3-8-20(27,14-24)13-23(2)17-11-25(12-17)19-10-16-6-5-7-18(16)21-22-19/h10,17,27H,3-9,11-14H2,1-2H3. The molecule has 27 heavy (non-hydrogen) atoms. The maximum absolute atomic E-state index is 11.8. The Morgan fingerprint density at radius 1 is 1.30 bits per heavy atom. The largest absolute Gasteiger partial charge is 0.387 e. The number of hydrogen-bond donors (Lipinski definition) is 1. The first-order valence-electron chi connectivity index (χ1n) is 10.2. The number of fused-ring (bicyclic) bond motifs is 1. The molecular formula is C20H31N5O2. The van der Waals surface area contributed by atoms with Crippen LogP contribution in [-0.2, 0) is 17.6 Å². The Balaban J connectivity index is 1.33. The van der Waals surface area contributed by atoms with E-state index in [1.54, 1.807) is 11.8 Å². The Kier molecular flexibility index (Phi) is 5.07. The zero-order chi connectivity index (χ0) is 19.0. The predicted molar refractivity (Wildman–Crippen MR) is 104 cm³/mol. The third-order valence-corrected chi connectivity index (χ3v) is 6.41. The van der Waals surface area contributed by atoms with E-state index in [-0.39, 0.29) is 5.91 Å². The van der Waals surface area contributed by atoms with Gasteiger partial charge in [0.1, 0.15) is 0 Å². The van der Waals surface area contributed by atoms with Gasteiger partial charge in [-0.25, -0.2) is 0 Å². The van der Waals surface area contributed by atoms with E-state index in [1.165, 1.54) is 17.7 Å². The third-order valence-electron chi connectivity index (χ3n) is 6.41. The SMILES string of the molecule is CC(=O)N1CCCCC(O)(CN(C)C2CN(c3cc4c(nn3)CCC4)C2)C1. The lowest BCUT2D eigenvalue weighted by Gasteiger charge is -2.47. The molecule has 0 saturated carbocycles. The van der Waals surface area contributed by atoms with Crippen LogP contribution in [0.2, 0.25) is 0 Å². The monoisotopic (exact) mass is 373 g/mol. The van der Waals surface area contributed by atoms with Gasteiger partial charge in [-0.2, -0.15) is 5.10 Å². The lowest BCUT2D eigenvalue weighted by atomic mass is 9.95. The van der Waals surface area contributed by atoms with Crippen LogP contribution in [0.5, 0.6) is 0 Å². The summed E-state index contributed by atoms with van der Waals surface area (Å²) in [5.74, 6) is 1.04. The van der Waals surface area contributed by atoms with Gasteiger partial charge in [-0.05, 0) is 57.2 Å². The van der Waals surface area contributed by atoms with Crippen LogP contribution in [0.3, 0.4) is 0 Å². The van der Waals surface area contributed by atoms with Crippen molar-refractivity contribution in [2.75, 3.05) is 44.7 Å². The van der Waals surface area contributed by atoms with Gasteiger partial charge in [0.15, 0.2) is 5.82 Å². The molecule has 3 aliphatic rings. The van der Waals surface area contributed by atoms with Crippen molar-refractivity contribution >= 4 is 11.7 Å². The highest BCUT2D eigenvalue weighted by molar-refractivity contribution is 5.73. The highest BCUT2D eigenvalue weighted by Crippen LogP contribution is 2.28. The molecule has 1 N–H and O–H groups in total. The fourth-order valence-corrected chi connectivity index (χ4v) is 4.65. The van der Waals surface area contributed by atoms with Crippen LogP contribution < -0.4 is 4.90 Å². The summed E-state index contributed by atoms with van der Waals surface area (Å²) in [6.07, 6.45) is 6.07. The number of aromatic nitrogens is 2. The van der Waals surface area contributed by atoms with E-state index < -0.39 is 5.60 Å². The average Bonchev–Trinajstić information content (AvgIpc) is 2.95. The number of likely N-dealkylation sites (tertiary alicyclic amines) is 1. The summed E-state index contributed by atoms with van der Waals surface area (Å²) >= 11 is 0. The summed E-state index contributed by atoms with van der Waals surface area (Å²) in [6, 6.07) is 2.60. The van der Waals surface area contributed by atoms with Crippen LogP contribution in [-0.4, -0.2) is 82.4 Å². The van der Waals surface area contributed by atoms with E-state index in [2.05, 4.69) is 33.1 Å². The number of amides is 1. The van der Waals surface area contributed by atoms with Gasteiger partial charge in [0.25, 0.3) is 0 Å². The second-order valence-electron chi connectivity index (χ2n) is 8.62. The minimum absolute atomic E-state index is 0.0583. The molecule has 148 valence electrons. The number of carbonyl (C=O) groups is 1. The van der Waals surface area contributed by atoms with Crippen molar-refractivity contribution in [3.05, 3.63) is 17.3 Å². The van der Waals surface area contributed by atoms with Crippen molar-refractivity contribution in [1.82, 2.24) is 20.0 Å². The maximum Gasteiger partial charge on any atom is 0.219 e. The van der Waals surface area contributed by atoms with Gasteiger partial charge in [-0.15, -0.1) is 5.10 Å². The smallest absolute Gasteiger partial charge is 0.219 e. The molecule has 0 spiro atoms. The summed E-state index contributed by atoms with van der Waals surface area (Å²) in [6.45, 7) is 5.23. The molecule has 1 aromatic heterocycles. The molecule has 2 saturated heterocycles. The first-order valence-corrected chi connectivity index (χ1v) is 10.2. The van der Waals surface area contributed by atoms with Gasteiger partial charge in [0.05, 0.1) is 17.8 Å². The highest BCUT2D eigenvalue weighted by atomic mass is 16.3. The van der Waals surface area contributed by atoms with Crippen LogP contribution in [0.1, 0.15) is 43.9 Å². The van der Waals surface area contributed by atoms with Gasteiger partial charge in [-0.3, -0.25) is 9.69 Å². The Hall–Kier alpha value is -1.73. The number of likely N-dealkylation sites (N-methyl/N-ethyl adjacent to an activating group) is 1. The summed E-state index contributed by atoms with van der Waals surface area (Å²) < 4.78 is 0. The van der Waals surface area contributed by atoms with Crippen molar-refractivity contribution in [2.45, 2.75) is 57.1 Å². The predicted octanol–water partition coefficient (Wildman–Crippen LogP) is 0.849. The van der Waals surface area contributed by atoms with Gasteiger partial charge in [0, 0.05) is 39.1 Å². The topological polar surface area (TPSA) is 72.8 Å². The van der Waals surface area contributed by atoms with Crippen LogP contribution >= 0.6 is 0 Å². The van der Waals surface area contributed by atoms with E-state index in [0.29, 0.717) is 19.1 Å². The molecule has 1 aromatic rings. The number of hydrogen-bond acceptors (Lipinski definition) is 6. The van der Waals surface area contributed by atoms with E-state index >= 15 is 0 Å². The lowest BCUT2D eigenvalue weighted by molar-refractivity contribution is -0.132. The number of β-amino-alcohol motifs (C(OH)–C–C–N with tert-alkyl or cyclic N) is 1. The first-order chi connectivity index (χ1) is 12.9. The molecule has 7 nitrogen and oxygen atoms in total. The van der Waals surface area contributed by atoms with Crippen LogP contribution in [0.4, 0.5) is 5.82 Å². The van der Waals surface area contributed by atoms with Crippen LogP contribution in [0, 0.1) is 0 Å². The molecule has 2 fully saturated rings. The Morgan fingerprint density at radius 2 is 2.11 bits per heavy atom. The molecule has 1 unspecified atom stereocenters. The molecule has 0 bridgehead atoms. The number of rotatable bonds is 4. The zero-order valence-corrected chi connectivity index (χ0v) is 16.5. The van der Waals surface area contributed by atoms with Crippen molar-refractivity contribution in [3.63, 3.8) is 0 Å². The van der Waals surface area contributed by atoms with E-state index in [0.717, 1.165) is 57.6 Å². The van der Waals surface area contributed by atoms with Crippen molar-refractivity contribution in [1.29, 1.82) is 0 Å². The highest BCUT2D eigenvalue weighted by Gasteiger charge is 2.38. The van der Waals surface area contributed by atoms with Crippen molar-refractivity contribution < 1.29 is 9.90 Å². The summed E-state index contributed by atoms with van der Waals surface area (Å²) in [5, 5.41) is 19.9. The van der Waals surface area contributed by atoms with Gasteiger partial charge >= 0.3 is 0 Å². The third kappa shape index (κ3) is 3.94. The Morgan fingerprint density at radius 3 is 2.89 bits per heavy atom. The minimum Gasteiger partial charge on any atom is -0.387 e. The summed E-state index contributed by atoms with van der Waals surface area (Å²) in [5.41, 5.74) is 1.71. The lowest BCUT2D eigenvalue weighted by Crippen LogP contribution is -2.62. The number of nitrogens with zero attached hydrogens (tertiary/aromatic N) is 5. The molecular weight excluding hydrogens is 342 g/mol. The summed E-state index contributed by atoms with van der Waals surface area (Å²) in [4.78, 5) is 18.1. The molecule has 4 rings (SSSR count). The quantitative estimate of drug-likeness (QED) is 0.844. The zero-order valence-electron chi connectivity index (χ0n) is 16.5. The number of aliphatic hydroxyl groups is 1. The molecule has 1 amide bonds. The van der Waals surface area contributed by atoms with E-state index in [4.69, 9.17) is 0 Å². The second-order valence-corrected chi connectivity index (χ2v) is 8.62. The van der Waals surface area contributed by atoms with Gasteiger partial charge in [-0.1, -0.05) is 0 Å². The second kappa shape index (κ2) is 7.36. The number of aryl methyl sites for hydroxylation is 2. The number of carbonyl (C=O) groups excluding carboxylic acids is 1. The molecule has 2 aliphatic heterocycles. The molecule has 1 aliphatic carbocycles. The van der Waals surface area contributed by atoms with Gasteiger partial charge in [0.2, 0.25) is 5.91 Å². The van der Waals surface area contributed by atoms with E-state index in [1.807, 2.05) is 0 Å². The van der Waals surface area contributed by atoms with Crippen LogP contribution in [0.25, 0.3) is 0 Å². The Bertz CT molecular complexity index is 706. The molecule has 0 radical (unpaired) electrons. The normalized spacial score (nSPS) is 26.1. The van der Waals surface area contributed by atoms with Crippen LogP contribution in [0.15, 0.2) is 6.07 Å². The van der Waals surface area contributed by atoms with Crippen molar-refractivity contribution in [3.8, 4) is 0 Å². The fraction of sp³-hybridized carbons (Fsp3) is 0.750. The van der Waals surface area contributed by atoms with E-state index in [9.17, 15) is 9.90 Å². The minimum atomic E-state index is -0.815. The fourth-order valence-electron chi connectivity index (χ4n) is 4.65. The molecule has 3 heterocycles. The maximum atomic E-state index is 11.8. The molecule has 0 aromatic carbocycles. The molecule has 7 heteroatoms. The van der Waals surface area contributed by atoms with Gasteiger partial charge < -0.3 is 14.9 Å². The Labute approximate surface area is 161 Å². The van der Waals surface area contributed by atoms with Crippen molar-refractivity contribution in [2.24, 2.45) is 0 Å². The summed E-state index contributed by atoms with van der Waals surface area (Å²) in [7, 11) is 2.08. The number of anilines is 1. The molecule has 1 atom stereocenters. The average molecular weight is 374 g/mol. The first kappa shape index (κ1) is 18.6.